The molecule has 0 bridgehead atoms. The van der Waals surface area contributed by atoms with Crippen LogP contribution in [0, 0.1) is 0 Å². The summed E-state index contributed by atoms with van der Waals surface area (Å²) in [4.78, 5) is 12.7. The number of esters is 1. The Morgan fingerprint density at radius 2 is 1.67 bits per heavy atom. The van der Waals surface area contributed by atoms with E-state index in [1.165, 1.54) is 18.2 Å². The molecular weight excluding hydrogens is 391 g/mol. The summed E-state index contributed by atoms with van der Waals surface area (Å²) < 4.78 is 11.8. The SMILES string of the molecule is O=C1OC2(c3ccc(O)cc3Oc3cc(O)c(Cl)c(Cl)c32)c2ccccc21. The second-order valence-corrected chi connectivity index (χ2v) is 7.05. The number of carbonyl (C=O) groups excluding carboxylic acids is 1. The van der Waals surface area contributed by atoms with Crippen LogP contribution in [0.4, 0.5) is 0 Å². The summed E-state index contributed by atoms with van der Waals surface area (Å²) in [5.41, 5.74) is 0.386. The lowest BCUT2D eigenvalue weighted by Crippen LogP contribution is -2.33. The lowest BCUT2D eigenvalue weighted by molar-refractivity contribution is 0.0224. The number of fused-ring (bicyclic) bond motifs is 6. The minimum atomic E-state index is -1.40. The van der Waals surface area contributed by atoms with Gasteiger partial charge in [-0.1, -0.05) is 41.4 Å². The fraction of sp³-hybridized carbons (Fsp3) is 0.0500. The van der Waals surface area contributed by atoms with Gasteiger partial charge in [-0.3, -0.25) is 0 Å². The molecule has 0 radical (unpaired) electrons. The zero-order chi connectivity index (χ0) is 18.9. The molecule has 0 saturated carbocycles. The summed E-state index contributed by atoms with van der Waals surface area (Å²) in [6.07, 6.45) is 0. The molecule has 5 rings (SSSR count). The molecule has 1 unspecified atom stereocenters. The predicted octanol–water partition coefficient (Wildman–Crippen LogP) is 4.97. The second-order valence-electron chi connectivity index (χ2n) is 6.30. The molecule has 0 amide bonds. The summed E-state index contributed by atoms with van der Waals surface area (Å²) in [6.45, 7) is 0. The fourth-order valence-electron chi connectivity index (χ4n) is 3.74. The summed E-state index contributed by atoms with van der Waals surface area (Å²) in [5.74, 6) is -0.335. The van der Waals surface area contributed by atoms with Crippen molar-refractivity contribution in [2.75, 3.05) is 0 Å². The number of hydrogen-bond donors (Lipinski definition) is 2. The Morgan fingerprint density at radius 3 is 2.48 bits per heavy atom. The van der Waals surface area contributed by atoms with Gasteiger partial charge in [-0.2, -0.15) is 0 Å². The van der Waals surface area contributed by atoms with Crippen molar-refractivity contribution in [2.24, 2.45) is 0 Å². The summed E-state index contributed by atoms with van der Waals surface area (Å²) in [6, 6.07) is 12.8. The summed E-state index contributed by atoms with van der Waals surface area (Å²) in [7, 11) is 0. The molecule has 1 atom stereocenters. The Morgan fingerprint density at radius 1 is 0.889 bits per heavy atom. The molecule has 2 heterocycles. The monoisotopic (exact) mass is 400 g/mol. The van der Waals surface area contributed by atoms with E-state index in [-0.39, 0.29) is 33.0 Å². The van der Waals surface area contributed by atoms with E-state index in [0.717, 1.165) is 0 Å². The van der Waals surface area contributed by atoms with Crippen molar-refractivity contribution >= 4 is 29.2 Å². The molecule has 0 saturated heterocycles. The first-order valence-electron chi connectivity index (χ1n) is 7.99. The van der Waals surface area contributed by atoms with Crippen LogP contribution in [0.3, 0.4) is 0 Å². The van der Waals surface area contributed by atoms with Crippen LogP contribution in [0.2, 0.25) is 10.0 Å². The number of carbonyl (C=O) groups is 1. The molecule has 0 aliphatic carbocycles. The maximum Gasteiger partial charge on any atom is 0.340 e. The molecule has 5 nitrogen and oxygen atoms in total. The van der Waals surface area contributed by atoms with Crippen LogP contribution in [0.15, 0.2) is 48.5 Å². The lowest BCUT2D eigenvalue weighted by atomic mass is 9.77. The average molecular weight is 401 g/mol. The zero-order valence-corrected chi connectivity index (χ0v) is 15.0. The van der Waals surface area contributed by atoms with Gasteiger partial charge in [0.2, 0.25) is 0 Å². The van der Waals surface area contributed by atoms with E-state index in [0.29, 0.717) is 22.3 Å². The van der Waals surface area contributed by atoms with Crippen LogP contribution in [0.25, 0.3) is 0 Å². The first-order chi connectivity index (χ1) is 12.9. The van der Waals surface area contributed by atoms with Gasteiger partial charge in [0.25, 0.3) is 0 Å². The number of hydrogen-bond acceptors (Lipinski definition) is 5. The normalized spacial score (nSPS) is 19.1. The van der Waals surface area contributed by atoms with E-state index in [2.05, 4.69) is 0 Å². The van der Waals surface area contributed by atoms with Crippen LogP contribution in [0.1, 0.15) is 27.0 Å². The highest BCUT2D eigenvalue weighted by atomic mass is 35.5. The van der Waals surface area contributed by atoms with Crippen molar-refractivity contribution in [1.82, 2.24) is 0 Å². The third-order valence-electron chi connectivity index (χ3n) is 4.84. The predicted molar refractivity (Wildman–Crippen MR) is 98.0 cm³/mol. The highest BCUT2D eigenvalue weighted by Crippen LogP contribution is 2.60. The van der Waals surface area contributed by atoms with Crippen molar-refractivity contribution in [3.63, 3.8) is 0 Å². The largest absolute Gasteiger partial charge is 0.508 e. The highest BCUT2D eigenvalue weighted by molar-refractivity contribution is 6.43. The highest BCUT2D eigenvalue weighted by Gasteiger charge is 2.55. The maximum atomic E-state index is 12.7. The maximum absolute atomic E-state index is 12.7. The van der Waals surface area contributed by atoms with Crippen LogP contribution < -0.4 is 4.74 Å². The van der Waals surface area contributed by atoms with Gasteiger partial charge in [0.1, 0.15) is 28.0 Å². The van der Waals surface area contributed by atoms with E-state index in [1.807, 2.05) is 0 Å². The fourth-order valence-corrected chi connectivity index (χ4v) is 4.21. The van der Waals surface area contributed by atoms with Gasteiger partial charge in [0.15, 0.2) is 5.60 Å². The van der Waals surface area contributed by atoms with E-state index in [4.69, 9.17) is 32.7 Å². The molecule has 134 valence electrons. The lowest BCUT2D eigenvalue weighted by Gasteiger charge is -2.37. The number of phenolic OH excluding ortho intramolecular Hbond substituents is 2. The van der Waals surface area contributed by atoms with Crippen LogP contribution in [0.5, 0.6) is 23.0 Å². The molecule has 3 aromatic carbocycles. The quantitative estimate of drug-likeness (QED) is 0.520. The number of ether oxygens (including phenoxy) is 2. The Kier molecular flexibility index (Phi) is 3.21. The van der Waals surface area contributed by atoms with Crippen molar-refractivity contribution < 1.29 is 24.5 Å². The average Bonchev–Trinajstić information content (AvgIpc) is 2.93. The second kappa shape index (κ2) is 5.31. The standard InChI is InChI=1S/C20H10Cl2O5/c21-17-13(24)8-15-16(18(17)22)20(12-6-5-9(23)7-14(12)26-15)11-4-2-1-3-10(11)19(25)27-20/h1-8,23-24H. The Balaban J connectivity index is 1.96. The molecule has 7 heteroatoms. The molecule has 2 aliphatic rings. The van der Waals surface area contributed by atoms with Gasteiger partial charge in [0.05, 0.1) is 16.1 Å². The Labute approximate surface area is 163 Å². The first-order valence-corrected chi connectivity index (χ1v) is 8.74. The molecule has 3 aromatic rings. The van der Waals surface area contributed by atoms with Crippen LogP contribution in [-0.4, -0.2) is 16.2 Å². The Hall–Kier alpha value is -2.89. The van der Waals surface area contributed by atoms with Gasteiger partial charge in [-0.15, -0.1) is 0 Å². The smallest absolute Gasteiger partial charge is 0.340 e. The van der Waals surface area contributed by atoms with Gasteiger partial charge in [0, 0.05) is 23.3 Å². The number of benzene rings is 3. The van der Waals surface area contributed by atoms with Gasteiger partial charge in [-0.25, -0.2) is 4.79 Å². The number of aromatic hydroxyl groups is 2. The molecular formula is C20H10Cl2O5. The number of rotatable bonds is 0. The molecule has 2 N–H and O–H groups in total. The van der Waals surface area contributed by atoms with Crippen LogP contribution >= 0.6 is 23.2 Å². The van der Waals surface area contributed by atoms with Gasteiger partial charge in [-0.05, 0) is 18.2 Å². The van der Waals surface area contributed by atoms with Crippen LogP contribution in [-0.2, 0) is 10.3 Å². The minimum Gasteiger partial charge on any atom is -0.508 e. The molecule has 0 fully saturated rings. The summed E-state index contributed by atoms with van der Waals surface area (Å²) in [5, 5.41) is 19.9. The van der Waals surface area contributed by atoms with E-state index < -0.39 is 11.6 Å². The topological polar surface area (TPSA) is 76.0 Å². The Bertz CT molecular complexity index is 1160. The van der Waals surface area contributed by atoms with Gasteiger partial charge < -0.3 is 19.7 Å². The zero-order valence-electron chi connectivity index (χ0n) is 13.5. The first kappa shape index (κ1) is 16.3. The van der Waals surface area contributed by atoms with Crippen molar-refractivity contribution in [2.45, 2.75) is 5.60 Å². The van der Waals surface area contributed by atoms with E-state index in [9.17, 15) is 15.0 Å². The number of halogens is 2. The van der Waals surface area contributed by atoms with E-state index in [1.54, 1.807) is 30.3 Å². The van der Waals surface area contributed by atoms with Crippen molar-refractivity contribution in [3.8, 4) is 23.0 Å². The molecule has 0 aromatic heterocycles. The summed E-state index contributed by atoms with van der Waals surface area (Å²) >= 11 is 12.7. The minimum absolute atomic E-state index is 0.0192. The molecule has 27 heavy (non-hydrogen) atoms. The third kappa shape index (κ3) is 1.98. The molecule has 2 aliphatic heterocycles. The van der Waals surface area contributed by atoms with Crippen molar-refractivity contribution in [3.05, 3.63) is 80.8 Å². The third-order valence-corrected chi connectivity index (χ3v) is 5.70. The van der Waals surface area contributed by atoms with Crippen molar-refractivity contribution in [1.29, 1.82) is 0 Å². The van der Waals surface area contributed by atoms with Gasteiger partial charge >= 0.3 is 5.97 Å². The molecule has 1 spiro atoms. The number of phenols is 2. The van der Waals surface area contributed by atoms with E-state index >= 15 is 0 Å².